The fourth-order valence-corrected chi connectivity index (χ4v) is 2.37. The minimum Gasteiger partial charge on any atom is -0.465 e. The Bertz CT molecular complexity index is 860. The molecule has 2 amide bonds. The Hall–Kier alpha value is -3.43. The van der Waals surface area contributed by atoms with Crippen LogP contribution in [-0.4, -0.2) is 31.2 Å². The highest BCUT2D eigenvalue weighted by Gasteiger charge is 2.65. The van der Waals surface area contributed by atoms with Gasteiger partial charge in [0.05, 0.1) is 18.4 Å². The van der Waals surface area contributed by atoms with Gasteiger partial charge >= 0.3 is 24.1 Å². The van der Waals surface area contributed by atoms with Crippen LogP contribution in [-0.2, 0) is 4.74 Å². The first-order valence-corrected chi connectivity index (χ1v) is 7.56. The van der Waals surface area contributed by atoms with Crippen molar-refractivity contribution in [2.75, 3.05) is 12.4 Å². The molecular weight excluding hydrogens is 369 g/mol. The Labute approximate surface area is 151 Å². The summed E-state index contributed by atoms with van der Waals surface area (Å²) in [5, 5.41) is 3.81. The Morgan fingerprint density at radius 1 is 1.00 bits per heavy atom. The molecule has 0 saturated heterocycles. The van der Waals surface area contributed by atoms with Crippen molar-refractivity contribution in [3.05, 3.63) is 54.1 Å². The smallest absolute Gasteiger partial charge is 0.465 e. The zero-order valence-electron chi connectivity index (χ0n) is 13.8. The SMILES string of the molecule is COC(=O)c1ccccc1NC(=O)NC1(C(F)(F)F)Oc2ccccc2O1. The van der Waals surface area contributed by atoms with Crippen LogP contribution in [0.25, 0.3) is 0 Å². The van der Waals surface area contributed by atoms with Gasteiger partial charge in [0.25, 0.3) is 0 Å². The normalized spacial score (nSPS) is 14.4. The van der Waals surface area contributed by atoms with Gasteiger partial charge in [-0.1, -0.05) is 24.3 Å². The van der Waals surface area contributed by atoms with Crippen molar-refractivity contribution in [1.82, 2.24) is 5.32 Å². The number of benzene rings is 2. The number of anilines is 1. The van der Waals surface area contributed by atoms with E-state index in [0.717, 1.165) is 7.11 Å². The highest BCUT2D eigenvalue weighted by atomic mass is 19.4. The molecule has 10 heteroatoms. The molecule has 2 N–H and O–H groups in total. The minimum atomic E-state index is -5.09. The van der Waals surface area contributed by atoms with Crippen LogP contribution in [0.1, 0.15) is 10.4 Å². The van der Waals surface area contributed by atoms with Crippen molar-refractivity contribution in [3.8, 4) is 11.5 Å². The summed E-state index contributed by atoms with van der Waals surface area (Å²) in [6.07, 6.45) is -5.09. The Kier molecular flexibility index (Phi) is 4.56. The van der Waals surface area contributed by atoms with Crippen LogP contribution in [0.3, 0.4) is 0 Å². The lowest BCUT2D eigenvalue weighted by atomic mass is 10.2. The second-order valence-corrected chi connectivity index (χ2v) is 5.38. The van der Waals surface area contributed by atoms with E-state index in [4.69, 9.17) is 9.47 Å². The zero-order chi connectivity index (χ0) is 19.7. The largest absolute Gasteiger partial charge is 0.492 e. The van der Waals surface area contributed by atoms with E-state index < -0.39 is 24.1 Å². The van der Waals surface area contributed by atoms with Crippen LogP contribution in [0.15, 0.2) is 48.5 Å². The fraction of sp³-hybridized carbons (Fsp3) is 0.176. The molecule has 1 aliphatic rings. The zero-order valence-corrected chi connectivity index (χ0v) is 13.8. The summed E-state index contributed by atoms with van der Waals surface area (Å²) < 4.78 is 55.0. The number of hydrogen-bond acceptors (Lipinski definition) is 5. The molecule has 0 atom stereocenters. The molecule has 7 nitrogen and oxygen atoms in total. The van der Waals surface area contributed by atoms with Crippen LogP contribution in [0, 0.1) is 0 Å². The second-order valence-electron chi connectivity index (χ2n) is 5.38. The van der Waals surface area contributed by atoms with Crippen molar-refractivity contribution in [2.24, 2.45) is 0 Å². The van der Waals surface area contributed by atoms with Gasteiger partial charge in [0.2, 0.25) is 0 Å². The number of rotatable bonds is 3. The van der Waals surface area contributed by atoms with Crippen molar-refractivity contribution in [3.63, 3.8) is 0 Å². The van der Waals surface area contributed by atoms with Gasteiger partial charge in [-0.15, -0.1) is 0 Å². The van der Waals surface area contributed by atoms with Gasteiger partial charge in [-0.3, -0.25) is 5.32 Å². The lowest BCUT2D eigenvalue weighted by Crippen LogP contribution is -2.65. The predicted octanol–water partition coefficient (Wildman–Crippen LogP) is 3.28. The van der Waals surface area contributed by atoms with E-state index in [0.29, 0.717) is 0 Å². The standard InChI is InChI=1S/C17H13F3N2O5/c1-25-14(23)10-6-2-3-7-11(10)21-15(24)22-17(16(18,19)20)26-12-8-4-5-9-13(12)27-17/h2-9H,1H3,(H2,21,22,24). The summed E-state index contributed by atoms with van der Waals surface area (Å²) in [5.74, 6) is -4.52. The third-order valence-electron chi connectivity index (χ3n) is 3.59. The van der Waals surface area contributed by atoms with Crippen molar-refractivity contribution < 1.29 is 37.0 Å². The molecule has 27 heavy (non-hydrogen) atoms. The molecule has 2 aromatic rings. The highest BCUT2D eigenvalue weighted by Crippen LogP contribution is 2.44. The van der Waals surface area contributed by atoms with E-state index >= 15 is 0 Å². The van der Waals surface area contributed by atoms with Gasteiger partial charge in [-0.25, -0.2) is 9.59 Å². The van der Waals surface area contributed by atoms with Crippen molar-refractivity contribution in [2.45, 2.75) is 12.1 Å². The number of para-hydroxylation sites is 3. The number of carbonyl (C=O) groups excluding carboxylic acids is 2. The summed E-state index contributed by atoms with van der Waals surface area (Å²) in [6.45, 7) is 0. The molecule has 0 unspecified atom stereocenters. The molecule has 1 aliphatic heterocycles. The van der Waals surface area contributed by atoms with Crippen LogP contribution in [0.4, 0.5) is 23.7 Å². The van der Waals surface area contributed by atoms with Gasteiger partial charge in [0, 0.05) is 0 Å². The maximum absolute atomic E-state index is 13.6. The number of ether oxygens (including phenoxy) is 3. The van der Waals surface area contributed by atoms with E-state index in [1.54, 1.807) is 5.32 Å². The van der Waals surface area contributed by atoms with Crippen LogP contribution < -0.4 is 20.1 Å². The lowest BCUT2D eigenvalue weighted by molar-refractivity contribution is -0.317. The van der Waals surface area contributed by atoms with E-state index in [1.165, 1.54) is 48.5 Å². The number of urea groups is 1. The first-order chi connectivity index (χ1) is 12.8. The molecule has 0 spiro atoms. The summed E-state index contributed by atoms with van der Waals surface area (Å²) >= 11 is 0. The molecule has 142 valence electrons. The molecule has 1 heterocycles. The predicted molar refractivity (Wildman–Crippen MR) is 86.4 cm³/mol. The first kappa shape index (κ1) is 18.4. The molecule has 0 bridgehead atoms. The Morgan fingerprint density at radius 3 is 2.11 bits per heavy atom. The summed E-state index contributed by atoms with van der Waals surface area (Å²) in [5.41, 5.74) is -0.0811. The molecule has 0 aromatic heterocycles. The van der Waals surface area contributed by atoms with Crippen LogP contribution >= 0.6 is 0 Å². The number of esters is 1. The maximum atomic E-state index is 13.6. The van der Waals surface area contributed by atoms with E-state index in [1.807, 2.05) is 0 Å². The minimum absolute atomic E-state index is 0.0345. The number of amides is 2. The van der Waals surface area contributed by atoms with Crippen LogP contribution in [0.5, 0.6) is 11.5 Å². The number of alkyl halides is 3. The summed E-state index contributed by atoms with van der Waals surface area (Å²) in [6, 6.07) is 9.84. The highest BCUT2D eigenvalue weighted by molar-refractivity contribution is 6.00. The molecule has 0 fully saturated rings. The second kappa shape index (κ2) is 6.71. The van der Waals surface area contributed by atoms with Crippen molar-refractivity contribution >= 4 is 17.7 Å². The molecular formula is C17H13F3N2O5. The van der Waals surface area contributed by atoms with E-state index in [-0.39, 0.29) is 22.7 Å². The van der Waals surface area contributed by atoms with Gasteiger partial charge in [-0.05, 0) is 24.3 Å². The Morgan fingerprint density at radius 2 is 1.56 bits per heavy atom. The third-order valence-corrected chi connectivity index (χ3v) is 3.59. The van der Waals surface area contributed by atoms with Gasteiger partial charge in [0.1, 0.15) is 0 Å². The summed E-state index contributed by atoms with van der Waals surface area (Å²) in [4.78, 5) is 23.9. The van der Waals surface area contributed by atoms with Gasteiger partial charge in [0.15, 0.2) is 11.5 Å². The molecule has 2 aromatic carbocycles. The number of methoxy groups -OCH3 is 1. The molecule has 0 aliphatic carbocycles. The number of carbonyl (C=O) groups is 2. The average Bonchev–Trinajstić information content (AvgIpc) is 3.00. The topological polar surface area (TPSA) is 85.9 Å². The molecule has 3 rings (SSSR count). The number of halogens is 3. The number of fused-ring (bicyclic) bond motifs is 1. The lowest BCUT2D eigenvalue weighted by Gasteiger charge is -2.29. The first-order valence-electron chi connectivity index (χ1n) is 7.56. The van der Waals surface area contributed by atoms with Gasteiger partial charge in [-0.2, -0.15) is 13.2 Å². The van der Waals surface area contributed by atoms with Gasteiger partial charge < -0.3 is 19.5 Å². The molecule has 0 radical (unpaired) electrons. The maximum Gasteiger partial charge on any atom is 0.492 e. The monoisotopic (exact) mass is 382 g/mol. The van der Waals surface area contributed by atoms with Crippen molar-refractivity contribution in [1.29, 1.82) is 0 Å². The van der Waals surface area contributed by atoms with E-state index in [9.17, 15) is 22.8 Å². The quantitative estimate of drug-likeness (QED) is 0.796. The van der Waals surface area contributed by atoms with E-state index in [2.05, 4.69) is 10.1 Å². The summed E-state index contributed by atoms with van der Waals surface area (Å²) in [7, 11) is 1.13. The number of nitrogens with one attached hydrogen (secondary N) is 2. The Balaban J connectivity index is 1.83. The van der Waals surface area contributed by atoms with Crippen LogP contribution in [0.2, 0.25) is 0 Å². The average molecular weight is 382 g/mol. The number of hydrogen-bond donors (Lipinski definition) is 2. The molecule has 0 saturated carbocycles. The fourth-order valence-electron chi connectivity index (χ4n) is 2.37. The third kappa shape index (κ3) is 3.46.